The standard InChI is InChI=1S/C21H26N2O4S/c1-4-5-9-20(24)22-15-7-6-8-17(12-15)28-14-21(25)23-18-13-16(26-2)10-11-19(18)27-3/h6-8,10-13H,4-5,9,14H2,1-3H3,(H,22,24)(H,23,25). The Morgan fingerprint density at radius 1 is 1.00 bits per heavy atom. The molecule has 28 heavy (non-hydrogen) atoms. The fourth-order valence-electron chi connectivity index (χ4n) is 2.47. The number of thioether (sulfide) groups is 1. The summed E-state index contributed by atoms with van der Waals surface area (Å²) in [6.07, 6.45) is 2.36. The van der Waals surface area contributed by atoms with Gasteiger partial charge in [-0.25, -0.2) is 0 Å². The molecule has 0 spiro atoms. The van der Waals surface area contributed by atoms with Crippen molar-refractivity contribution in [3.05, 3.63) is 42.5 Å². The smallest absolute Gasteiger partial charge is 0.234 e. The second-order valence-electron chi connectivity index (χ2n) is 6.08. The highest BCUT2D eigenvalue weighted by Gasteiger charge is 2.10. The second kappa shape index (κ2) is 11.2. The summed E-state index contributed by atoms with van der Waals surface area (Å²) < 4.78 is 10.5. The van der Waals surface area contributed by atoms with Crippen LogP contribution in [0.5, 0.6) is 11.5 Å². The number of unbranched alkanes of at least 4 members (excludes halogenated alkanes) is 1. The number of nitrogens with one attached hydrogen (secondary N) is 2. The Morgan fingerprint density at radius 2 is 1.82 bits per heavy atom. The summed E-state index contributed by atoms with van der Waals surface area (Å²) in [5, 5.41) is 5.73. The summed E-state index contributed by atoms with van der Waals surface area (Å²) in [5.41, 5.74) is 1.30. The van der Waals surface area contributed by atoms with Crippen LogP contribution in [0, 0.1) is 0 Å². The van der Waals surface area contributed by atoms with E-state index in [4.69, 9.17) is 9.47 Å². The Kier molecular flexibility index (Phi) is 8.68. The molecule has 2 aromatic carbocycles. The van der Waals surface area contributed by atoms with Crippen LogP contribution in [0.4, 0.5) is 11.4 Å². The summed E-state index contributed by atoms with van der Waals surface area (Å²) >= 11 is 1.39. The third-order valence-corrected chi connectivity index (χ3v) is 4.92. The van der Waals surface area contributed by atoms with Crippen LogP contribution in [0.3, 0.4) is 0 Å². The first-order chi connectivity index (χ1) is 13.5. The number of ether oxygens (including phenoxy) is 2. The molecule has 0 aromatic heterocycles. The molecule has 2 aromatic rings. The van der Waals surface area contributed by atoms with Crippen molar-refractivity contribution in [1.82, 2.24) is 0 Å². The predicted octanol–water partition coefficient (Wildman–Crippen LogP) is 4.56. The van der Waals surface area contributed by atoms with Gasteiger partial charge in [-0.15, -0.1) is 11.8 Å². The van der Waals surface area contributed by atoms with Gasteiger partial charge in [0.2, 0.25) is 11.8 Å². The molecule has 0 aliphatic carbocycles. The van der Waals surface area contributed by atoms with Gasteiger partial charge in [0.15, 0.2) is 0 Å². The highest BCUT2D eigenvalue weighted by Crippen LogP contribution is 2.29. The highest BCUT2D eigenvalue weighted by atomic mass is 32.2. The van der Waals surface area contributed by atoms with E-state index in [-0.39, 0.29) is 17.6 Å². The minimum absolute atomic E-state index is 0.00635. The highest BCUT2D eigenvalue weighted by molar-refractivity contribution is 8.00. The first-order valence-electron chi connectivity index (χ1n) is 9.10. The molecule has 0 heterocycles. The van der Waals surface area contributed by atoms with E-state index in [1.165, 1.54) is 11.8 Å². The van der Waals surface area contributed by atoms with Crippen molar-refractivity contribution in [1.29, 1.82) is 0 Å². The van der Waals surface area contributed by atoms with Gasteiger partial charge >= 0.3 is 0 Å². The van der Waals surface area contributed by atoms with E-state index in [0.717, 1.165) is 23.4 Å². The second-order valence-corrected chi connectivity index (χ2v) is 7.13. The molecule has 0 radical (unpaired) electrons. The normalized spacial score (nSPS) is 10.2. The van der Waals surface area contributed by atoms with Crippen LogP contribution in [-0.4, -0.2) is 31.8 Å². The molecule has 0 fully saturated rings. The Labute approximate surface area is 170 Å². The van der Waals surface area contributed by atoms with E-state index in [2.05, 4.69) is 17.6 Å². The van der Waals surface area contributed by atoms with E-state index in [1.54, 1.807) is 32.4 Å². The SMILES string of the molecule is CCCCC(=O)Nc1cccc(SCC(=O)Nc2cc(OC)ccc2OC)c1. The number of amides is 2. The minimum atomic E-state index is -0.158. The topological polar surface area (TPSA) is 76.7 Å². The number of anilines is 2. The first kappa shape index (κ1) is 21.6. The number of hydrogen-bond donors (Lipinski definition) is 2. The zero-order valence-electron chi connectivity index (χ0n) is 16.4. The Bertz CT molecular complexity index is 811. The number of benzene rings is 2. The van der Waals surface area contributed by atoms with Crippen molar-refractivity contribution >= 4 is 35.0 Å². The third-order valence-electron chi connectivity index (χ3n) is 3.93. The van der Waals surface area contributed by atoms with E-state index in [9.17, 15) is 9.59 Å². The van der Waals surface area contributed by atoms with Crippen molar-refractivity contribution in [2.75, 3.05) is 30.6 Å². The maximum atomic E-state index is 12.3. The summed E-state index contributed by atoms with van der Waals surface area (Å²) in [6.45, 7) is 2.05. The third kappa shape index (κ3) is 6.81. The fraction of sp³-hybridized carbons (Fsp3) is 0.333. The molecule has 0 saturated carbocycles. The van der Waals surface area contributed by atoms with Crippen LogP contribution in [0.1, 0.15) is 26.2 Å². The summed E-state index contributed by atoms with van der Waals surface area (Å²) in [5.74, 6) is 1.28. The Morgan fingerprint density at radius 3 is 2.54 bits per heavy atom. The van der Waals surface area contributed by atoms with Gasteiger partial charge < -0.3 is 20.1 Å². The van der Waals surface area contributed by atoms with Crippen LogP contribution in [-0.2, 0) is 9.59 Å². The molecule has 0 unspecified atom stereocenters. The van der Waals surface area contributed by atoms with Crippen molar-refractivity contribution in [3.63, 3.8) is 0 Å². The Hall–Kier alpha value is -2.67. The molecule has 7 heteroatoms. The summed E-state index contributed by atoms with van der Waals surface area (Å²) in [6, 6.07) is 12.7. The lowest BCUT2D eigenvalue weighted by molar-refractivity contribution is -0.116. The van der Waals surface area contributed by atoms with E-state index < -0.39 is 0 Å². The monoisotopic (exact) mass is 402 g/mol. The van der Waals surface area contributed by atoms with E-state index in [1.807, 2.05) is 24.3 Å². The molecule has 0 atom stereocenters. The van der Waals surface area contributed by atoms with Gasteiger partial charge in [-0.05, 0) is 36.8 Å². The summed E-state index contributed by atoms with van der Waals surface area (Å²) in [7, 11) is 3.11. The van der Waals surface area contributed by atoms with Gasteiger partial charge in [0.05, 0.1) is 25.7 Å². The molecular formula is C21H26N2O4S. The number of hydrogen-bond acceptors (Lipinski definition) is 5. The van der Waals surface area contributed by atoms with Gasteiger partial charge in [0.1, 0.15) is 11.5 Å². The molecule has 0 saturated heterocycles. The van der Waals surface area contributed by atoms with Gasteiger partial charge in [-0.1, -0.05) is 19.4 Å². The maximum absolute atomic E-state index is 12.3. The number of carbonyl (C=O) groups is 2. The van der Waals surface area contributed by atoms with Crippen LogP contribution in [0.2, 0.25) is 0 Å². The van der Waals surface area contributed by atoms with Crippen LogP contribution in [0.25, 0.3) is 0 Å². The van der Waals surface area contributed by atoms with Gasteiger partial charge in [0.25, 0.3) is 0 Å². The lowest BCUT2D eigenvalue weighted by atomic mass is 10.2. The Balaban J connectivity index is 1.92. The molecule has 2 N–H and O–H groups in total. The lowest BCUT2D eigenvalue weighted by Gasteiger charge is -2.12. The van der Waals surface area contributed by atoms with Crippen molar-refractivity contribution in [3.8, 4) is 11.5 Å². The van der Waals surface area contributed by atoms with Crippen LogP contribution >= 0.6 is 11.8 Å². The lowest BCUT2D eigenvalue weighted by Crippen LogP contribution is -2.15. The molecule has 0 bridgehead atoms. The number of methoxy groups -OCH3 is 2. The van der Waals surface area contributed by atoms with Crippen molar-refractivity contribution in [2.45, 2.75) is 31.1 Å². The average molecular weight is 403 g/mol. The molecular weight excluding hydrogens is 376 g/mol. The van der Waals surface area contributed by atoms with E-state index in [0.29, 0.717) is 23.6 Å². The zero-order chi connectivity index (χ0) is 20.4. The first-order valence-corrected chi connectivity index (χ1v) is 10.1. The average Bonchev–Trinajstić information content (AvgIpc) is 2.71. The fourth-order valence-corrected chi connectivity index (χ4v) is 3.23. The van der Waals surface area contributed by atoms with Gasteiger partial charge in [0, 0.05) is 23.1 Å². The minimum Gasteiger partial charge on any atom is -0.497 e. The summed E-state index contributed by atoms with van der Waals surface area (Å²) in [4.78, 5) is 25.1. The largest absolute Gasteiger partial charge is 0.497 e. The van der Waals surface area contributed by atoms with Crippen molar-refractivity contribution in [2.24, 2.45) is 0 Å². The molecule has 6 nitrogen and oxygen atoms in total. The number of carbonyl (C=O) groups excluding carboxylic acids is 2. The molecule has 0 aliphatic rings. The number of rotatable bonds is 10. The molecule has 2 amide bonds. The zero-order valence-corrected chi connectivity index (χ0v) is 17.2. The molecule has 0 aliphatic heterocycles. The van der Waals surface area contributed by atoms with E-state index >= 15 is 0 Å². The molecule has 2 rings (SSSR count). The van der Waals surface area contributed by atoms with Crippen LogP contribution in [0.15, 0.2) is 47.4 Å². The van der Waals surface area contributed by atoms with Gasteiger partial charge in [-0.2, -0.15) is 0 Å². The quantitative estimate of drug-likeness (QED) is 0.570. The predicted molar refractivity (Wildman–Crippen MR) is 113 cm³/mol. The van der Waals surface area contributed by atoms with Crippen LogP contribution < -0.4 is 20.1 Å². The van der Waals surface area contributed by atoms with Crippen molar-refractivity contribution < 1.29 is 19.1 Å². The maximum Gasteiger partial charge on any atom is 0.234 e. The molecule has 150 valence electrons. The van der Waals surface area contributed by atoms with Gasteiger partial charge in [-0.3, -0.25) is 9.59 Å².